The van der Waals surface area contributed by atoms with E-state index in [9.17, 15) is 4.79 Å². The van der Waals surface area contributed by atoms with Gasteiger partial charge in [-0.1, -0.05) is 35.1 Å². The number of thiophene rings is 1. The average molecular weight is 389 g/mol. The summed E-state index contributed by atoms with van der Waals surface area (Å²) in [6, 6.07) is 9.28. The van der Waals surface area contributed by atoms with Crippen molar-refractivity contribution in [3.8, 4) is 5.13 Å². The lowest BCUT2D eigenvalue weighted by molar-refractivity contribution is 0.103. The van der Waals surface area contributed by atoms with Crippen molar-refractivity contribution in [1.29, 1.82) is 0 Å². The molecular formula is C17H13ClN4OS2. The van der Waals surface area contributed by atoms with Crippen LogP contribution in [0, 0.1) is 13.8 Å². The molecule has 3 aromatic heterocycles. The number of rotatable bonds is 3. The summed E-state index contributed by atoms with van der Waals surface area (Å²) in [6.45, 7) is 3.87. The number of nitrogens with zero attached hydrogens (tertiary/aromatic N) is 3. The predicted octanol–water partition coefficient (Wildman–Crippen LogP) is 5.07. The second kappa shape index (κ2) is 6.25. The maximum Gasteiger partial charge on any atom is 0.266 e. The second-order valence-corrected chi connectivity index (χ2v) is 7.89. The van der Waals surface area contributed by atoms with Crippen LogP contribution in [0.25, 0.3) is 15.3 Å². The molecule has 0 saturated heterocycles. The topological polar surface area (TPSA) is 59.8 Å². The van der Waals surface area contributed by atoms with Gasteiger partial charge in [-0.2, -0.15) is 9.78 Å². The van der Waals surface area contributed by atoms with E-state index in [0.29, 0.717) is 20.8 Å². The summed E-state index contributed by atoms with van der Waals surface area (Å²) in [5.41, 5.74) is 2.70. The third kappa shape index (κ3) is 2.95. The van der Waals surface area contributed by atoms with Crippen LogP contribution in [-0.2, 0) is 0 Å². The van der Waals surface area contributed by atoms with Gasteiger partial charge in [0.1, 0.15) is 5.82 Å². The molecule has 25 heavy (non-hydrogen) atoms. The van der Waals surface area contributed by atoms with Crippen molar-refractivity contribution in [2.24, 2.45) is 0 Å². The Bertz CT molecular complexity index is 1040. The van der Waals surface area contributed by atoms with Crippen molar-refractivity contribution in [3.05, 3.63) is 56.9 Å². The Hall–Kier alpha value is -2.22. The molecule has 1 aromatic carbocycles. The number of nitrogens with one attached hydrogen (secondary N) is 1. The molecule has 1 N–H and O–H groups in total. The first-order valence-corrected chi connectivity index (χ1v) is 9.58. The number of benzene rings is 1. The molecule has 0 spiro atoms. The van der Waals surface area contributed by atoms with Gasteiger partial charge in [-0.3, -0.25) is 4.79 Å². The molecule has 0 atom stereocenters. The van der Waals surface area contributed by atoms with Gasteiger partial charge >= 0.3 is 0 Å². The van der Waals surface area contributed by atoms with Gasteiger partial charge in [0.15, 0.2) is 0 Å². The largest absolute Gasteiger partial charge is 0.306 e. The number of carbonyl (C=O) groups excluding carboxylic acids is 1. The first kappa shape index (κ1) is 16.3. The molecule has 0 fully saturated rings. The number of thiazole rings is 1. The monoisotopic (exact) mass is 388 g/mol. The molecule has 0 saturated carbocycles. The van der Waals surface area contributed by atoms with Crippen molar-refractivity contribution in [1.82, 2.24) is 14.8 Å². The SMILES string of the molecule is Cc1cc(NC(=O)c2cccs2)n(-c2nc3c(C)ccc(Cl)c3s2)n1. The van der Waals surface area contributed by atoms with Gasteiger partial charge in [-0.15, -0.1) is 11.3 Å². The normalized spacial score (nSPS) is 11.2. The lowest BCUT2D eigenvalue weighted by Gasteiger charge is -2.05. The number of aryl methyl sites for hydroxylation is 2. The molecule has 0 aliphatic heterocycles. The predicted molar refractivity (Wildman–Crippen MR) is 103 cm³/mol. The highest BCUT2D eigenvalue weighted by molar-refractivity contribution is 7.21. The van der Waals surface area contributed by atoms with Crippen LogP contribution in [0.1, 0.15) is 20.9 Å². The number of anilines is 1. The van der Waals surface area contributed by atoms with E-state index >= 15 is 0 Å². The second-order valence-electron chi connectivity index (χ2n) is 5.55. The zero-order chi connectivity index (χ0) is 17.6. The Morgan fingerprint density at radius 1 is 1.28 bits per heavy atom. The van der Waals surface area contributed by atoms with E-state index in [-0.39, 0.29) is 5.91 Å². The number of carbonyl (C=O) groups is 1. The van der Waals surface area contributed by atoms with Gasteiger partial charge in [-0.05, 0) is 36.9 Å². The zero-order valence-corrected chi connectivity index (χ0v) is 15.8. The van der Waals surface area contributed by atoms with E-state index in [1.807, 2.05) is 43.5 Å². The van der Waals surface area contributed by atoms with Gasteiger partial charge < -0.3 is 5.32 Å². The van der Waals surface area contributed by atoms with Gasteiger partial charge in [0.2, 0.25) is 5.13 Å². The minimum absolute atomic E-state index is 0.161. The molecule has 0 aliphatic carbocycles. The van der Waals surface area contributed by atoms with Crippen LogP contribution >= 0.6 is 34.3 Å². The Kier molecular flexibility index (Phi) is 4.07. The molecule has 5 nitrogen and oxygen atoms in total. The van der Waals surface area contributed by atoms with Crippen LogP contribution in [0.5, 0.6) is 0 Å². The fraction of sp³-hybridized carbons (Fsp3) is 0.118. The molecule has 8 heteroatoms. The number of amides is 1. The van der Waals surface area contributed by atoms with Crippen LogP contribution in [0.15, 0.2) is 35.7 Å². The lowest BCUT2D eigenvalue weighted by Crippen LogP contribution is -2.13. The van der Waals surface area contributed by atoms with E-state index in [0.717, 1.165) is 21.5 Å². The van der Waals surface area contributed by atoms with E-state index in [2.05, 4.69) is 15.4 Å². The van der Waals surface area contributed by atoms with E-state index < -0.39 is 0 Å². The molecule has 4 rings (SSSR count). The van der Waals surface area contributed by atoms with Gasteiger partial charge in [0.05, 0.1) is 25.8 Å². The van der Waals surface area contributed by atoms with Crippen LogP contribution in [-0.4, -0.2) is 20.7 Å². The maximum atomic E-state index is 12.4. The van der Waals surface area contributed by atoms with Crippen LogP contribution in [0.3, 0.4) is 0 Å². The van der Waals surface area contributed by atoms with Crippen LogP contribution < -0.4 is 5.32 Å². The summed E-state index contributed by atoms with van der Waals surface area (Å²) in [5.74, 6) is 0.426. The standard InChI is InChI=1S/C17H13ClN4OS2/c1-9-5-6-11(18)15-14(9)20-17(25-15)22-13(8-10(2)21-22)19-16(23)12-4-3-7-24-12/h3-8H,1-2H3,(H,19,23). The number of aromatic nitrogens is 3. The lowest BCUT2D eigenvalue weighted by atomic mass is 10.2. The summed E-state index contributed by atoms with van der Waals surface area (Å²) >= 11 is 9.15. The molecule has 3 heterocycles. The van der Waals surface area contributed by atoms with Gasteiger partial charge in [0.25, 0.3) is 5.91 Å². The molecular weight excluding hydrogens is 376 g/mol. The quantitative estimate of drug-likeness (QED) is 0.533. The summed E-state index contributed by atoms with van der Waals surface area (Å²) in [6.07, 6.45) is 0. The number of halogens is 1. The highest BCUT2D eigenvalue weighted by Gasteiger charge is 2.17. The Balaban J connectivity index is 1.77. The third-order valence-electron chi connectivity index (χ3n) is 3.69. The average Bonchev–Trinajstić information content (AvgIpc) is 3.30. The molecule has 0 aliphatic rings. The summed E-state index contributed by atoms with van der Waals surface area (Å²) in [4.78, 5) is 17.7. The van der Waals surface area contributed by atoms with Crippen molar-refractivity contribution >= 4 is 56.2 Å². The van der Waals surface area contributed by atoms with Crippen molar-refractivity contribution in [3.63, 3.8) is 0 Å². The molecule has 0 radical (unpaired) electrons. The fourth-order valence-corrected chi connectivity index (χ4v) is 4.40. The Labute approximate surface area is 156 Å². The minimum atomic E-state index is -0.161. The summed E-state index contributed by atoms with van der Waals surface area (Å²) < 4.78 is 2.57. The zero-order valence-electron chi connectivity index (χ0n) is 13.4. The van der Waals surface area contributed by atoms with E-state index in [1.54, 1.807) is 10.7 Å². The molecule has 0 unspecified atom stereocenters. The van der Waals surface area contributed by atoms with Crippen LogP contribution in [0.2, 0.25) is 5.02 Å². The van der Waals surface area contributed by atoms with Gasteiger partial charge in [0, 0.05) is 6.07 Å². The summed E-state index contributed by atoms with van der Waals surface area (Å²) in [7, 11) is 0. The smallest absolute Gasteiger partial charge is 0.266 e. The van der Waals surface area contributed by atoms with Crippen molar-refractivity contribution < 1.29 is 4.79 Å². The molecule has 0 bridgehead atoms. The maximum absolute atomic E-state index is 12.4. The number of hydrogen-bond donors (Lipinski definition) is 1. The highest BCUT2D eigenvalue weighted by atomic mass is 35.5. The highest BCUT2D eigenvalue weighted by Crippen LogP contribution is 2.34. The Morgan fingerprint density at radius 3 is 2.84 bits per heavy atom. The van der Waals surface area contributed by atoms with E-state index in [4.69, 9.17) is 11.6 Å². The first-order valence-electron chi connectivity index (χ1n) is 7.50. The number of hydrogen-bond acceptors (Lipinski definition) is 5. The summed E-state index contributed by atoms with van der Waals surface area (Å²) in [5, 5.41) is 10.6. The molecule has 4 aromatic rings. The number of fused-ring (bicyclic) bond motifs is 1. The first-order chi connectivity index (χ1) is 12.0. The molecule has 1 amide bonds. The third-order valence-corrected chi connectivity index (χ3v) is 6.05. The van der Waals surface area contributed by atoms with Crippen LogP contribution in [0.4, 0.5) is 5.82 Å². The minimum Gasteiger partial charge on any atom is -0.306 e. The molecule has 126 valence electrons. The van der Waals surface area contributed by atoms with E-state index in [1.165, 1.54) is 22.7 Å². The van der Waals surface area contributed by atoms with Crippen molar-refractivity contribution in [2.45, 2.75) is 13.8 Å². The fourth-order valence-electron chi connectivity index (χ4n) is 2.50. The Morgan fingerprint density at radius 2 is 2.12 bits per heavy atom. The van der Waals surface area contributed by atoms with Crippen molar-refractivity contribution in [2.75, 3.05) is 5.32 Å². The van der Waals surface area contributed by atoms with Gasteiger partial charge in [-0.25, -0.2) is 4.98 Å².